The van der Waals surface area contributed by atoms with E-state index in [0.29, 0.717) is 0 Å². The predicted molar refractivity (Wildman–Crippen MR) is 78.2 cm³/mol. The van der Waals surface area contributed by atoms with Crippen LogP contribution in [0.5, 0.6) is 0 Å². The molecule has 0 fully saturated rings. The van der Waals surface area contributed by atoms with Gasteiger partial charge in [-0.15, -0.1) is 0 Å². The summed E-state index contributed by atoms with van der Waals surface area (Å²) in [6, 6.07) is 4.27. The van der Waals surface area contributed by atoms with E-state index in [1.165, 1.54) is 5.56 Å². The van der Waals surface area contributed by atoms with Crippen LogP contribution in [0.1, 0.15) is 17.7 Å². The molecular weight excluding hydrogens is 224 g/mol. The molecule has 18 heavy (non-hydrogen) atoms. The number of anilines is 1. The zero-order chi connectivity index (χ0) is 13.5. The zero-order valence-electron chi connectivity index (χ0n) is 12.3. The van der Waals surface area contributed by atoms with Crippen molar-refractivity contribution in [1.29, 1.82) is 0 Å². The summed E-state index contributed by atoms with van der Waals surface area (Å²) in [5.74, 6) is 1.06. The van der Waals surface area contributed by atoms with Crippen LogP contribution >= 0.6 is 0 Å². The molecule has 0 aliphatic heterocycles. The number of nitrogens with one attached hydrogen (secondary N) is 1. The van der Waals surface area contributed by atoms with Crippen molar-refractivity contribution in [2.24, 2.45) is 0 Å². The predicted octanol–water partition coefficient (Wildman–Crippen LogP) is 1.50. The van der Waals surface area contributed by atoms with Gasteiger partial charge in [-0.1, -0.05) is 6.07 Å². The van der Waals surface area contributed by atoms with Crippen LogP contribution in [-0.4, -0.2) is 51.2 Å². The molecular formula is C14H26N4. The van der Waals surface area contributed by atoms with Gasteiger partial charge in [0, 0.05) is 25.8 Å². The summed E-state index contributed by atoms with van der Waals surface area (Å²) >= 11 is 0. The van der Waals surface area contributed by atoms with Gasteiger partial charge in [-0.05, 0) is 52.7 Å². The van der Waals surface area contributed by atoms with Gasteiger partial charge in [0.2, 0.25) is 0 Å². The smallest absolute Gasteiger partial charge is 0.128 e. The van der Waals surface area contributed by atoms with Crippen LogP contribution in [0.15, 0.2) is 12.1 Å². The lowest BCUT2D eigenvalue weighted by molar-refractivity contribution is 0.401. The summed E-state index contributed by atoms with van der Waals surface area (Å²) in [6.45, 7) is 5.10. The Hall–Kier alpha value is -1.13. The molecule has 4 nitrogen and oxygen atoms in total. The molecule has 1 aromatic heterocycles. The number of nitrogens with zero attached hydrogens (tertiary/aromatic N) is 3. The van der Waals surface area contributed by atoms with Crippen LogP contribution in [0.25, 0.3) is 0 Å². The molecule has 0 radical (unpaired) electrons. The number of hydrogen-bond acceptors (Lipinski definition) is 4. The van der Waals surface area contributed by atoms with Crippen molar-refractivity contribution in [3.63, 3.8) is 0 Å². The molecule has 0 bridgehead atoms. The summed E-state index contributed by atoms with van der Waals surface area (Å²) in [7, 11) is 8.28. The summed E-state index contributed by atoms with van der Waals surface area (Å²) in [5, 5.41) is 3.16. The second kappa shape index (κ2) is 7.34. The van der Waals surface area contributed by atoms with Gasteiger partial charge < -0.3 is 15.1 Å². The van der Waals surface area contributed by atoms with Crippen LogP contribution in [-0.2, 0) is 6.54 Å². The SMILES string of the molecule is CNCc1ccc(N(C)CCCN(C)C)nc1C. The quantitative estimate of drug-likeness (QED) is 0.794. The first-order valence-corrected chi connectivity index (χ1v) is 6.51. The molecule has 102 valence electrons. The minimum atomic E-state index is 0.878. The first kappa shape index (κ1) is 14.9. The molecule has 1 rings (SSSR count). The topological polar surface area (TPSA) is 31.4 Å². The average molecular weight is 250 g/mol. The van der Waals surface area contributed by atoms with Gasteiger partial charge >= 0.3 is 0 Å². The van der Waals surface area contributed by atoms with Gasteiger partial charge in [0.1, 0.15) is 5.82 Å². The first-order valence-electron chi connectivity index (χ1n) is 6.51. The highest BCUT2D eigenvalue weighted by Gasteiger charge is 2.05. The standard InChI is InChI=1S/C14H26N4/c1-12-13(11-15-2)7-8-14(16-12)18(5)10-6-9-17(3)4/h7-8,15H,6,9-11H2,1-5H3. The zero-order valence-corrected chi connectivity index (χ0v) is 12.3. The minimum absolute atomic E-state index is 0.878. The van der Waals surface area contributed by atoms with Gasteiger partial charge in [0.15, 0.2) is 0 Å². The van der Waals surface area contributed by atoms with E-state index in [1.54, 1.807) is 0 Å². The normalized spacial score (nSPS) is 11.0. The van der Waals surface area contributed by atoms with Gasteiger partial charge in [-0.2, -0.15) is 0 Å². The Morgan fingerprint density at radius 1 is 1.17 bits per heavy atom. The second-order valence-corrected chi connectivity index (χ2v) is 5.02. The van der Waals surface area contributed by atoms with Crippen molar-refractivity contribution in [1.82, 2.24) is 15.2 Å². The van der Waals surface area contributed by atoms with Gasteiger partial charge in [0.25, 0.3) is 0 Å². The molecule has 0 spiro atoms. The summed E-state index contributed by atoms with van der Waals surface area (Å²) in [6.07, 6.45) is 1.16. The third-order valence-corrected chi connectivity index (χ3v) is 3.04. The minimum Gasteiger partial charge on any atom is -0.360 e. The maximum atomic E-state index is 4.66. The van der Waals surface area contributed by atoms with E-state index >= 15 is 0 Å². The molecule has 0 aliphatic carbocycles. The van der Waals surface area contributed by atoms with Crippen molar-refractivity contribution in [3.05, 3.63) is 23.4 Å². The molecule has 0 unspecified atom stereocenters. The molecule has 0 atom stereocenters. The fourth-order valence-electron chi connectivity index (χ4n) is 1.91. The van der Waals surface area contributed by atoms with Crippen molar-refractivity contribution in [2.75, 3.05) is 46.2 Å². The number of hydrogen-bond donors (Lipinski definition) is 1. The molecule has 0 aromatic carbocycles. The van der Waals surface area contributed by atoms with Gasteiger partial charge in [-0.25, -0.2) is 4.98 Å². The fourth-order valence-corrected chi connectivity index (χ4v) is 1.91. The van der Waals surface area contributed by atoms with Crippen molar-refractivity contribution in [3.8, 4) is 0 Å². The van der Waals surface area contributed by atoms with Crippen molar-refractivity contribution in [2.45, 2.75) is 19.9 Å². The number of aryl methyl sites for hydroxylation is 1. The lowest BCUT2D eigenvalue weighted by atomic mass is 10.2. The van der Waals surface area contributed by atoms with Crippen LogP contribution < -0.4 is 10.2 Å². The number of aromatic nitrogens is 1. The Kier molecular flexibility index (Phi) is 6.09. The summed E-state index contributed by atoms with van der Waals surface area (Å²) in [4.78, 5) is 9.09. The second-order valence-electron chi connectivity index (χ2n) is 5.02. The lowest BCUT2D eigenvalue weighted by Gasteiger charge is -2.20. The largest absolute Gasteiger partial charge is 0.360 e. The van der Waals surface area contributed by atoms with Crippen LogP contribution in [0, 0.1) is 6.92 Å². The molecule has 1 heterocycles. The van der Waals surface area contributed by atoms with Crippen LogP contribution in [0.2, 0.25) is 0 Å². The molecule has 4 heteroatoms. The van der Waals surface area contributed by atoms with E-state index in [9.17, 15) is 0 Å². The lowest BCUT2D eigenvalue weighted by Crippen LogP contribution is -2.24. The highest BCUT2D eigenvalue weighted by atomic mass is 15.2. The third kappa shape index (κ3) is 4.63. The third-order valence-electron chi connectivity index (χ3n) is 3.04. The van der Waals surface area contributed by atoms with Crippen molar-refractivity contribution < 1.29 is 0 Å². The summed E-state index contributed by atoms with van der Waals surface area (Å²) in [5.41, 5.74) is 2.38. The maximum absolute atomic E-state index is 4.66. The highest BCUT2D eigenvalue weighted by molar-refractivity contribution is 5.40. The maximum Gasteiger partial charge on any atom is 0.128 e. The molecule has 1 aromatic rings. The molecule has 0 saturated carbocycles. The molecule has 1 N–H and O–H groups in total. The van der Waals surface area contributed by atoms with E-state index in [1.807, 2.05) is 7.05 Å². The Balaban J connectivity index is 2.57. The van der Waals surface area contributed by atoms with E-state index in [-0.39, 0.29) is 0 Å². The molecule has 0 amide bonds. The average Bonchev–Trinajstić information content (AvgIpc) is 2.31. The first-order chi connectivity index (χ1) is 8.54. The van der Waals surface area contributed by atoms with Gasteiger partial charge in [0.05, 0.1) is 0 Å². The van der Waals surface area contributed by atoms with Crippen molar-refractivity contribution >= 4 is 5.82 Å². The molecule has 0 aliphatic rings. The fraction of sp³-hybridized carbons (Fsp3) is 0.643. The van der Waals surface area contributed by atoms with E-state index in [2.05, 4.69) is 60.3 Å². The Morgan fingerprint density at radius 2 is 1.89 bits per heavy atom. The summed E-state index contributed by atoms with van der Waals surface area (Å²) < 4.78 is 0. The van der Waals surface area contributed by atoms with Gasteiger partial charge in [-0.3, -0.25) is 0 Å². The Labute approximate surface area is 111 Å². The van der Waals surface area contributed by atoms with E-state index < -0.39 is 0 Å². The number of rotatable bonds is 7. The Morgan fingerprint density at radius 3 is 2.44 bits per heavy atom. The monoisotopic (exact) mass is 250 g/mol. The van der Waals surface area contributed by atoms with Crippen LogP contribution in [0.4, 0.5) is 5.82 Å². The Bertz CT molecular complexity index is 363. The molecule has 0 saturated heterocycles. The van der Waals surface area contributed by atoms with E-state index in [0.717, 1.165) is 37.6 Å². The number of pyridine rings is 1. The highest BCUT2D eigenvalue weighted by Crippen LogP contribution is 2.13. The van der Waals surface area contributed by atoms with Crippen LogP contribution in [0.3, 0.4) is 0 Å². The van der Waals surface area contributed by atoms with E-state index in [4.69, 9.17) is 0 Å².